The highest BCUT2D eigenvalue weighted by atomic mass is 31.2. The van der Waals surface area contributed by atoms with Gasteiger partial charge in [-0.1, -0.05) is 12.1 Å². The van der Waals surface area contributed by atoms with Crippen LogP contribution in [-0.4, -0.2) is 50.9 Å². The van der Waals surface area contributed by atoms with Crippen molar-refractivity contribution in [1.29, 1.82) is 0 Å². The molecule has 0 aliphatic rings. The largest absolute Gasteiger partial charge is 0.530 e. The van der Waals surface area contributed by atoms with Gasteiger partial charge in [0.25, 0.3) is 8.05 Å². The van der Waals surface area contributed by atoms with E-state index in [1.807, 2.05) is 0 Å². The Labute approximate surface area is 139 Å². The van der Waals surface area contributed by atoms with Crippen LogP contribution >= 0.6 is 7.82 Å². The van der Waals surface area contributed by atoms with Crippen molar-refractivity contribution in [2.75, 3.05) is 26.4 Å². The van der Waals surface area contributed by atoms with Crippen LogP contribution in [0.1, 0.15) is 5.56 Å². The van der Waals surface area contributed by atoms with Crippen LogP contribution in [0.5, 0.6) is 5.75 Å². The molecule has 0 spiro atoms. The highest BCUT2D eigenvalue weighted by molar-refractivity contribution is 7.48. The standard InChI is InChI=1S/C12H17BNO9P/c13-20-7-8-22-24(18,21-6-5-15)23-11-3-1-10(2-4-11)9-19-12(16)14-17/h1-4,15,17H,5-9H2,(H,14,16). The fourth-order valence-corrected chi connectivity index (χ4v) is 2.56. The molecule has 0 heterocycles. The quantitative estimate of drug-likeness (QED) is 0.173. The molecule has 12 heteroatoms. The molecule has 0 aromatic heterocycles. The molecule has 0 aliphatic heterocycles. The smallest absolute Gasteiger partial charge is 0.445 e. The van der Waals surface area contributed by atoms with Gasteiger partial charge in [0.15, 0.2) is 0 Å². The topological polar surface area (TPSA) is 133 Å². The molecular weight excluding hydrogens is 344 g/mol. The van der Waals surface area contributed by atoms with Crippen molar-refractivity contribution >= 4 is 22.0 Å². The zero-order valence-corrected chi connectivity index (χ0v) is 13.5. The molecule has 0 aliphatic carbocycles. The molecule has 0 saturated heterocycles. The van der Waals surface area contributed by atoms with Crippen LogP contribution in [0.4, 0.5) is 4.79 Å². The second kappa shape index (κ2) is 11.0. The van der Waals surface area contributed by atoms with E-state index in [9.17, 15) is 9.36 Å². The first-order valence-electron chi connectivity index (χ1n) is 6.70. The van der Waals surface area contributed by atoms with E-state index in [0.717, 1.165) is 0 Å². The lowest BCUT2D eigenvalue weighted by atomic mass is 10.2. The third kappa shape index (κ3) is 7.78. The lowest BCUT2D eigenvalue weighted by Crippen LogP contribution is -2.19. The number of carbonyl (C=O) groups is 1. The summed E-state index contributed by atoms with van der Waals surface area (Å²) in [5.74, 6) is 0.167. The molecule has 1 aromatic carbocycles. The Bertz CT molecular complexity index is 542. The molecule has 1 amide bonds. The molecule has 24 heavy (non-hydrogen) atoms. The number of benzene rings is 1. The van der Waals surface area contributed by atoms with E-state index in [-0.39, 0.29) is 38.8 Å². The predicted octanol–water partition coefficient (Wildman–Crippen LogP) is 0.914. The lowest BCUT2D eigenvalue weighted by Gasteiger charge is -2.18. The van der Waals surface area contributed by atoms with E-state index in [0.29, 0.717) is 5.56 Å². The molecule has 10 nitrogen and oxygen atoms in total. The van der Waals surface area contributed by atoms with E-state index in [1.54, 1.807) is 12.1 Å². The SMILES string of the molecule is [B]OCCOP(=O)(OCCO)Oc1ccc(COC(=O)NO)cc1. The zero-order chi connectivity index (χ0) is 17.8. The Hall–Kier alpha value is -1.62. The van der Waals surface area contributed by atoms with Crippen LogP contribution in [0.15, 0.2) is 24.3 Å². The van der Waals surface area contributed by atoms with Gasteiger partial charge in [-0.15, -0.1) is 0 Å². The summed E-state index contributed by atoms with van der Waals surface area (Å²) < 4.78 is 36.4. The minimum Gasteiger partial charge on any atom is -0.445 e. The lowest BCUT2D eigenvalue weighted by molar-refractivity contribution is 0.0842. The molecule has 1 atom stereocenters. The number of nitrogens with one attached hydrogen (secondary N) is 1. The van der Waals surface area contributed by atoms with Gasteiger partial charge in [0.2, 0.25) is 0 Å². The highest BCUT2D eigenvalue weighted by Crippen LogP contribution is 2.49. The summed E-state index contributed by atoms with van der Waals surface area (Å²) in [5, 5.41) is 17.1. The van der Waals surface area contributed by atoms with Crippen LogP contribution in [0, 0.1) is 0 Å². The van der Waals surface area contributed by atoms with E-state index in [4.69, 9.17) is 31.9 Å². The number of aliphatic hydroxyl groups is 1. The summed E-state index contributed by atoms with van der Waals surface area (Å²) in [4.78, 5) is 10.7. The fraction of sp³-hybridized carbons (Fsp3) is 0.417. The second-order valence-corrected chi connectivity index (χ2v) is 5.72. The first-order valence-corrected chi connectivity index (χ1v) is 8.16. The Balaban J connectivity index is 2.64. The summed E-state index contributed by atoms with van der Waals surface area (Å²) in [5.41, 5.74) is 1.92. The Morgan fingerprint density at radius 2 is 1.83 bits per heavy atom. The number of phosphoric acid groups is 1. The number of hydroxylamine groups is 1. The van der Waals surface area contributed by atoms with Gasteiger partial charge in [-0.05, 0) is 17.7 Å². The van der Waals surface area contributed by atoms with Gasteiger partial charge in [0, 0.05) is 0 Å². The van der Waals surface area contributed by atoms with Crippen molar-refractivity contribution in [2.45, 2.75) is 6.61 Å². The predicted molar refractivity (Wildman–Crippen MR) is 80.5 cm³/mol. The number of ether oxygens (including phenoxy) is 1. The van der Waals surface area contributed by atoms with Gasteiger partial charge in [0.05, 0.1) is 26.4 Å². The van der Waals surface area contributed by atoms with Crippen LogP contribution in [0.2, 0.25) is 0 Å². The minimum atomic E-state index is -3.96. The Morgan fingerprint density at radius 1 is 1.17 bits per heavy atom. The Kier molecular flexibility index (Phi) is 9.39. The van der Waals surface area contributed by atoms with E-state index >= 15 is 0 Å². The van der Waals surface area contributed by atoms with Gasteiger partial charge in [-0.2, -0.15) is 0 Å². The number of hydrogen-bond acceptors (Lipinski definition) is 9. The molecule has 0 bridgehead atoms. The molecule has 3 N–H and O–H groups in total. The van der Waals surface area contributed by atoms with Crippen LogP contribution < -0.4 is 10.0 Å². The number of carbonyl (C=O) groups excluding carboxylic acids is 1. The van der Waals surface area contributed by atoms with Crippen molar-refractivity contribution in [3.05, 3.63) is 29.8 Å². The van der Waals surface area contributed by atoms with Gasteiger partial charge in [-0.3, -0.25) is 14.3 Å². The van der Waals surface area contributed by atoms with E-state index in [2.05, 4.69) is 9.39 Å². The summed E-state index contributed by atoms with van der Waals surface area (Å²) >= 11 is 0. The van der Waals surface area contributed by atoms with Gasteiger partial charge >= 0.3 is 13.9 Å². The number of phosphoric ester groups is 1. The Morgan fingerprint density at radius 3 is 2.42 bits per heavy atom. The fourth-order valence-electron chi connectivity index (χ4n) is 1.40. The first-order chi connectivity index (χ1) is 11.5. The first kappa shape index (κ1) is 20.4. The van der Waals surface area contributed by atoms with E-state index in [1.165, 1.54) is 17.6 Å². The van der Waals surface area contributed by atoms with Crippen molar-refractivity contribution in [2.24, 2.45) is 0 Å². The number of hydrogen-bond donors (Lipinski definition) is 3. The molecular formula is C12H17BNO9P. The summed E-state index contributed by atoms with van der Waals surface area (Å²) in [6.07, 6.45) is -0.993. The summed E-state index contributed by atoms with van der Waals surface area (Å²) in [6.45, 7) is -0.869. The van der Waals surface area contributed by atoms with Crippen LogP contribution in [-0.2, 0) is 29.6 Å². The second-order valence-electron chi connectivity index (χ2n) is 4.13. The normalized spacial score (nSPS) is 13.1. The molecule has 0 saturated carbocycles. The average Bonchev–Trinajstić information content (AvgIpc) is 2.59. The third-order valence-corrected chi connectivity index (χ3v) is 3.83. The van der Waals surface area contributed by atoms with Gasteiger partial charge in [0.1, 0.15) is 12.4 Å². The van der Waals surface area contributed by atoms with Crippen LogP contribution in [0.25, 0.3) is 0 Å². The van der Waals surface area contributed by atoms with Crippen molar-refractivity contribution in [1.82, 2.24) is 5.48 Å². The zero-order valence-electron chi connectivity index (χ0n) is 12.6. The minimum absolute atomic E-state index is 0.0287. The summed E-state index contributed by atoms with van der Waals surface area (Å²) in [6, 6.07) is 5.99. The average molecular weight is 361 g/mol. The van der Waals surface area contributed by atoms with Crippen molar-refractivity contribution < 1.29 is 42.6 Å². The third-order valence-electron chi connectivity index (χ3n) is 2.39. The maximum Gasteiger partial charge on any atom is 0.530 e. The molecule has 2 radical (unpaired) electrons. The van der Waals surface area contributed by atoms with Crippen molar-refractivity contribution in [3.8, 4) is 5.75 Å². The molecule has 1 rings (SSSR count). The molecule has 1 unspecified atom stereocenters. The highest BCUT2D eigenvalue weighted by Gasteiger charge is 2.28. The maximum atomic E-state index is 12.4. The maximum absolute atomic E-state index is 12.4. The molecule has 1 aromatic rings. The monoisotopic (exact) mass is 361 g/mol. The molecule has 132 valence electrons. The number of amides is 1. The number of rotatable bonds is 11. The van der Waals surface area contributed by atoms with E-state index < -0.39 is 13.9 Å². The number of aliphatic hydroxyl groups excluding tert-OH is 1. The van der Waals surface area contributed by atoms with Crippen molar-refractivity contribution in [3.63, 3.8) is 0 Å². The van der Waals surface area contributed by atoms with Crippen LogP contribution in [0.3, 0.4) is 0 Å². The summed E-state index contributed by atoms with van der Waals surface area (Å²) in [7, 11) is 0.877. The molecule has 0 fully saturated rings. The van der Waals surface area contributed by atoms with Gasteiger partial charge in [-0.25, -0.2) is 14.8 Å². The van der Waals surface area contributed by atoms with Gasteiger partial charge < -0.3 is 19.0 Å².